The third-order valence-electron chi connectivity index (χ3n) is 1.66. The third-order valence-corrected chi connectivity index (χ3v) is 1.66. The Hall–Kier alpha value is -0.850. The highest BCUT2D eigenvalue weighted by Gasteiger charge is 1.99. The van der Waals surface area contributed by atoms with E-state index in [4.69, 9.17) is 0 Å². The van der Waals surface area contributed by atoms with Gasteiger partial charge in [0.15, 0.2) is 5.78 Å². The van der Waals surface area contributed by atoms with Gasteiger partial charge in [-0.25, -0.2) is 0 Å². The third kappa shape index (κ3) is 3.76. The van der Waals surface area contributed by atoms with Crippen LogP contribution in [-0.4, -0.2) is 5.78 Å². The predicted molar refractivity (Wildman–Crippen MR) is 48.5 cm³/mol. The summed E-state index contributed by atoms with van der Waals surface area (Å²) in [7, 11) is 0. The maximum atomic E-state index is 11.0. The molecule has 0 rings (SSSR count). The van der Waals surface area contributed by atoms with E-state index in [1.165, 1.54) is 5.57 Å². The SMILES string of the molecule is C=C(/C=C(\C)CC)C(=O)CC. The van der Waals surface area contributed by atoms with Crippen molar-refractivity contribution in [2.24, 2.45) is 0 Å². The summed E-state index contributed by atoms with van der Waals surface area (Å²) in [5.74, 6) is 0.137. The number of allylic oxidation sites excluding steroid dienone is 3. The zero-order chi connectivity index (χ0) is 8.85. The smallest absolute Gasteiger partial charge is 0.162 e. The van der Waals surface area contributed by atoms with E-state index in [9.17, 15) is 4.79 Å². The average Bonchev–Trinajstić information content (AvgIpc) is 2.02. The van der Waals surface area contributed by atoms with E-state index in [0.717, 1.165) is 6.42 Å². The van der Waals surface area contributed by atoms with Gasteiger partial charge in [0.1, 0.15) is 0 Å². The van der Waals surface area contributed by atoms with Crippen LogP contribution < -0.4 is 0 Å². The van der Waals surface area contributed by atoms with Crippen LogP contribution >= 0.6 is 0 Å². The largest absolute Gasteiger partial charge is 0.294 e. The maximum Gasteiger partial charge on any atom is 0.162 e. The van der Waals surface area contributed by atoms with Gasteiger partial charge in [-0.3, -0.25) is 4.79 Å². The number of carbonyl (C=O) groups excluding carboxylic acids is 1. The van der Waals surface area contributed by atoms with Crippen LogP contribution in [-0.2, 0) is 4.79 Å². The molecule has 0 spiro atoms. The first kappa shape index (κ1) is 10.2. The van der Waals surface area contributed by atoms with Crippen LogP contribution in [0, 0.1) is 0 Å². The van der Waals surface area contributed by atoms with E-state index >= 15 is 0 Å². The topological polar surface area (TPSA) is 17.1 Å². The van der Waals surface area contributed by atoms with Crippen LogP contribution in [0.15, 0.2) is 23.8 Å². The highest BCUT2D eigenvalue weighted by Crippen LogP contribution is 2.05. The van der Waals surface area contributed by atoms with E-state index in [0.29, 0.717) is 12.0 Å². The zero-order valence-electron chi connectivity index (χ0n) is 7.61. The number of Topliss-reactive ketones (excluding diaryl/α,β-unsaturated/α-hetero) is 1. The number of rotatable bonds is 4. The van der Waals surface area contributed by atoms with Crippen molar-refractivity contribution >= 4 is 5.78 Å². The minimum absolute atomic E-state index is 0.137. The Labute approximate surface area is 68.8 Å². The van der Waals surface area contributed by atoms with Crippen LogP contribution in [0.3, 0.4) is 0 Å². The number of carbonyl (C=O) groups is 1. The van der Waals surface area contributed by atoms with Crippen LogP contribution in [0.4, 0.5) is 0 Å². The zero-order valence-corrected chi connectivity index (χ0v) is 7.61. The fraction of sp³-hybridized carbons (Fsp3) is 0.500. The Morgan fingerprint density at radius 2 is 1.91 bits per heavy atom. The molecule has 1 nitrogen and oxygen atoms in total. The molecule has 0 saturated heterocycles. The summed E-state index contributed by atoms with van der Waals surface area (Å²) in [6.45, 7) is 9.61. The van der Waals surface area contributed by atoms with Gasteiger partial charge >= 0.3 is 0 Å². The summed E-state index contributed by atoms with van der Waals surface area (Å²) in [6.07, 6.45) is 3.40. The molecular weight excluding hydrogens is 136 g/mol. The van der Waals surface area contributed by atoms with E-state index in [-0.39, 0.29) is 5.78 Å². The summed E-state index contributed by atoms with van der Waals surface area (Å²) in [5.41, 5.74) is 1.84. The summed E-state index contributed by atoms with van der Waals surface area (Å²) in [6, 6.07) is 0. The number of hydrogen-bond acceptors (Lipinski definition) is 1. The van der Waals surface area contributed by atoms with Crippen LogP contribution in [0.1, 0.15) is 33.6 Å². The summed E-state index contributed by atoms with van der Waals surface area (Å²) < 4.78 is 0. The Balaban J connectivity index is 4.17. The molecule has 0 amide bonds. The second kappa shape index (κ2) is 4.89. The van der Waals surface area contributed by atoms with Crippen molar-refractivity contribution in [1.29, 1.82) is 0 Å². The number of hydrogen-bond donors (Lipinski definition) is 0. The van der Waals surface area contributed by atoms with Gasteiger partial charge in [0.2, 0.25) is 0 Å². The van der Waals surface area contributed by atoms with Crippen molar-refractivity contribution < 1.29 is 4.79 Å². The van der Waals surface area contributed by atoms with Gasteiger partial charge in [0.05, 0.1) is 0 Å². The molecule has 0 N–H and O–H groups in total. The molecule has 0 saturated carbocycles. The summed E-state index contributed by atoms with van der Waals surface area (Å²) in [4.78, 5) is 11.0. The molecule has 0 fully saturated rings. The monoisotopic (exact) mass is 152 g/mol. The lowest BCUT2D eigenvalue weighted by Crippen LogP contribution is -1.96. The maximum absolute atomic E-state index is 11.0. The first-order valence-corrected chi connectivity index (χ1v) is 4.01. The first-order valence-electron chi connectivity index (χ1n) is 4.01. The van der Waals surface area contributed by atoms with E-state index in [2.05, 4.69) is 13.5 Å². The first-order chi connectivity index (χ1) is 5.11. The summed E-state index contributed by atoms with van der Waals surface area (Å²) >= 11 is 0. The second-order valence-electron chi connectivity index (χ2n) is 2.65. The van der Waals surface area contributed by atoms with Crippen LogP contribution in [0.2, 0.25) is 0 Å². The molecular formula is C10H16O. The van der Waals surface area contributed by atoms with Crippen LogP contribution in [0.25, 0.3) is 0 Å². The molecule has 0 aliphatic carbocycles. The van der Waals surface area contributed by atoms with E-state index < -0.39 is 0 Å². The van der Waals surface area contributed by atoms with Gasteiger partial charge in [-0.15, -0.1) is 0 Å². The summed E-state index contributed by atoms with van der Waals surface area (Å²) in [5, 5.41) is 0. The number of ketones is 1. The van der Waals surface area contributed by atoms with E-state index in [1.54, 1.807) is 0 Å². The standard InChI is InChI=1S/C10H16O/c1-5-8(3)7-9(4)10(11)6-2/h7H,4-6H2,1-3H3/b8-7+. The minimum Gasteiger partial charge on any atom is -0.294 e. The van der Waals surface area contributed by atoms with Crippen LogP contribution in [0.5, 0.6) is 0 Å². The Morgan fingerprint density at radius 1 is 1.36 bits per heavy atom. The fourth-order valence-electron chi connectivity index (χ4n) is 0.707. The quantitative estimate of drug-likeness (QED) is 0.447. The van der Waals surface area contributed by atoms with Crippen molar-refractivity contribution in [2.75, 3.05) is 0 Å². The Kier molecular flexibility index (Phi) is 4.51. The average molecular weight is 152 g/mol. The Bertz CT molecular complexity index is 187. The molecule has 0 aliphatic heterocycles. The van der Waals surface area contributed by atoms with Gasteiger partial charge in [-0.1, -0.05) is 32.1 Å². The van der Waals surface area contributed by atoms with Crippen molar-refractivity contribution in [3.05, 3.63) is 23.8 Å². The molecule has 0 aromatic heterocycles. The van der Waals surface area contributed by atoms with Crippen molar-refractivity contribution in [2.45, 2.75) is 33.6 Å². The lowest BCUT2D eigenvalue weighted by atomic mass is 10.1. The van der Waals surface area contributed by atoms with Crippen molar-refractivity contribution in [1.82, 2.24) is 0 Å². The molecule has 0 heterocycles. The van der Waals surface area contributed by atoms with Crippen molar-refractivity contribution in [3.63, 3.8) is 0 Å². The highest BCUT2D eigenvalue weighted by molar-refractivity contribution is 5.97. The Morgan fingerprint density at radius 3 is 2.27 bits per heavy atom. The predicted octanol–water partition coefficient (Wildman–Crippen LogP) is 2.88. The molecule has 1 heteroatoms. The molecule has 0 bridgehead atoms. The van der Waals surface area contributed by atoms with Gasteiger partial charge in [-0.05, 0) is 13.3 Å². The minimum atomic E-state index is 0.137. The molecule has 0 aromatic rings. The molecule has 0 atom stereocenters. The highest BCUT2D eigenvalue weighted by atomic mass is 16.1. The molecule has 0 radical (unpaired) electrons. The lowest BCUT2D eigenvalue weighted by molar-refractivity contribution is -0.114. The molecule has 0 aromatic carbocycles. The molecule has 62 valence electrons. The van der Waals surface area contributed by atoms with Gasteiger partial charge in [0.25, 0.3) is 0 Å². The molecule has 0 aliphatic rings. The lowest BCUT2D eigenvalue weighted by Gasteiger charge is -1.97. The van der Waals surface area contributed by atoms with Gasteiger partial charge in [0, 0.05) is 12.0 Å². The molecule has 11 heavy (non-hydrogen) atoms. The normalized spacial score (nSPS) is 11.4. The van der Waals surface area contributed by atoms with Crippen molar-refractivity contribution in [3.8, 4) is 0 Å². The van der Waals surface area contributed by atoms with Gasteiger partial charge < -0.3 is 0 Å². The second-order valence-corrected chi connectivity index (χ2v) is 2.65. The molecule has 0 unspecified atom stereocenters. The van der Waals surface area contributed by atoms with E-state index in [1.807, 2.05) is 19.9 Å². The van der Waals surface area contributed by atoms with Gasteiger partial charge in [-0.2, -0.15) is 0 Å². The fourth-order valence-corrected chi connectivity index (χ4v) is 0.707.